The molecule has 258 valence electrons. The van der Waals surface area contributed by atoms with Crippen molar-refractivity contribution in [1.29, 1.82) is 0 Å². The molecule has 0 saturated carbocycles. The van der Waals surface area contributed by atoms with E-state index in [1.165, 1.54) is 41.9 Å². The second-order valence-corrected chi connectivity index (χ2v) is 12.1. The zero-order valence-electron chi connectivity index (χ0n) is 29.0. The highest BCUT2D eigenvalue weighted by Crippen LogP contribution is 2.19. The largest absolute Gasteiger partial charge is 0.451 e. The van der Waals surface area contributed by atoms with E-state index in [1.54, 1.807) is 0 Å². The van der Waals surface area contributed by atoms with Gasteiger partial charge in [0.1, 0.15) is 18.1 Å². The summed E-state index contributed by atoms with van der Waals surface area (Å²) in [5.41, 5.74) is 0. The van der Waals surface area contributed by atoms with E-state index in [0.717, 1.165) is 53.2 Å². The van der Waals surface area contributed by atoms with Crippen LogP contribution < -0.4 is 0 Å². The molecule has 1 saturated heterocycles. The van der Waals surface area contributed by atoms with E-state index >= 15 is 0 Å². The van der Waals surface area contributed by atoms with Gasteiger partial charge in [0.15, 0.2) is 18.3 Å². The van der Waals surface area contributed by atoms with Gasteiger partial charge in [0.2, 0.25) is 0 Å². The molecule has 3 amide bonds. The van der Waals surface area contributed by atoms with Crippen LogP contribution in [-0.2, 0) is 43.0 Å². The van der Waals surface area contributed by atoms with E-state index in [0.29, 0.717) is 19.3 Å². The third kappa shape index (κ3) is 11.9. The first-order valence-electron chi connectivity index (χ1n) is 16.6. The molecule has 0 aliphatic carbocycles. The minimum absolute atomic E-state index is 0.229. The zero-order valence-corrected chi connectivity index (χ0v) is 29.0. The standard InChI is InChI=1S/C33H57N3O9/c1-10-13-16-19-25-28(37)34(7)23(5)32(41)44-27(21-18-15-12-3)30(39)36(9)24(6)33(42)45-26(20-17-14-11-2)29(38)35(8)22(4)31(40)43-25/h22-27H,10-21H2,1-9H3/t22-,23-,24-,25-,26-,27-/m0/s1. The van der Waals surface area contributed by atoms with Crippen LogP contribution >= 0.6 is 0 Å². The van der Waals surface area contributed by atoms with Gasteiger partial charge in [-0.25, -0.2) is 14.4 Å². The van der Waals surface area contributed by atoms with Gasteiger partial charge in [-0.2, -0.15) is 0 Å². The van der Waals surface area contributed by atoms with Gasteiger partial charge in [-0.1, -0.05) is 59.3 Å². The molecule has 1 rings (SSSR count). The van der Waals surface area contributed by atoms with Crippen molar-refractivity contribution >= 4 is 35.6 Å². The van der Waals surface area contributed by atoms with Crippen molar-refractivity contribution in [2.75, 3.05) is 21.1 Å². The van der Waals surface area contributed by atoms with E-state index in [9.17, 15) is 28.8 Å². The maximum Gasteiger partial charge on any atom is 0.329 e. The number of unbranched alkanes of at least 4 members (excludes halogenated alkanes) is 6. The van der Waals surface area contributed by atoms with Gasteiger partial charge in [0, 0.05) is 21.1 Å². The molecule has 0 unspecified atom stereocenters. The lowest BCUT2D eigenvalue weighted by Crippen LogP contribution is -2.53. The summed E-state index contributed by atoms with van der Waals surface area (Å²) in [5.74, 6) is -4.14. The summed E-state index contributed by atoms with van der Waals surface area (Å²) in [4.78, 5) is 84.2. The summed E-state index contributed by atoms with van der Waals surface area (Å²) in [5, 5.41) is 0. The molecule has 0 spiro atoms. The van der Waals surface area contributed by atoms with Crippen molar-refractivity contribution < 1.29 is 43.0 Å². The number of ether oxygens (including phenoxy) is 3. The predicted octanol–water partition coefficient (Wildman–Crippen LogP) is 4.02. The minimum atomic E-state index is -1.19. The predicted molar refractivity (Wildman–Crippen MR) is 169 cm³/mol. The monoisotopic (exact) mass is 639 g/mol. The average Bonchev–Trinajstić information content (AvgIpc) is 3.03. The Morgan fingerprint density at radius 3 is 0.867 bits per heavy atom. The molecular formula is C33H57N3O9. The Morgan fingerprint density at radius 1 is 0.444 bits per heavy atom. The zero-order chi connectivity index (χ0) is 34.3. The van der Waals surface area contributed by atoms with Gasteiger partial charge in [0.05, 0.1) is 0 Å². The smallest absolute Gasteiger partial charge is 0.329 e. The maximum absolute atomic E-state index is 13.6. The number of carbonyl (C=O) groups excluding carboxylic acids is 6. The number of likely N-dealkylation sites (N-methyl/N-ethyl adjacent to an activating group) is 3. The first-order chi connectivity index (χ1) is 21.2. The Kier molecular flexibility index (Phi) is 17.8. The molecule has 45 heavy (non-hydrogen) atoms. The number of cyclic esters (lactones) is 3. The summed E-state index contributed by atoms with van der Waals surface area (Å²) < 4.78 is 17.1. The van der Waals surface area contributed by atoms with Crippen molar-refractivity contribution in [3.05, 3.63) is 0 Å². The fourth-order valence-electron chi connectivity index (χ4n) is 4.88. The van der Waals surface area contributed by atoms with Gasteiger partial charge in [0.25, 0.3) is 17.7 Å². The SMILES string of the molecule is CCCCC[C@@H]1OC(=O)[C@H](C)N(C)C(=O)[C@H](CCCCC)OC(=O)[C@H](C)N(C)C(=O)[C@H](CCCCC)OC(=O)[C@H](C)N(C)C1=O. The first kappa shape index (κ1) is 39.8. The second-order valence-electron chi connectivity index (χ2n) is 12.1. The van der Waals surface area contributed by atoms with Crippen LogP contribution in [0.25, 0.3) is 0 Å². The van der Waals surface area contributed by atoms with Crippen molar-refractivity contribution in [2.24, 2.45) is 0 Å². The van der Waals surface area contributed by atoms with Crippen molar-refractivity contribution in [3.8, 4) is 0 Å². The van der Waals surface area contributed by atoms with Crippen molar-refractivity contribution in [2.45, 2.75) is 155 Å². The van der Waals surface area contributed by atoms with E-state index in [1.807, 2.05) is 20.8 Å². The molecule has 1 aliphatic heterocycles. The molecule has 0 bridgehead atoms. The summed E-state index contributed by atoms with van der Waals surface area (Å²) in [7, 11) is 4.27. The van der Waals surface area contributed by atoms with Crippen LogP contribution in [0, 0.1) is 0 Å². The van der Waals surface area contributed by atoms with E-state index < -0.39 is 72.1 Å². The summed E-state index contributed by atoms with van der Waals surface area (Å²) in [6.07, 6.45) is 3.94. The molecule has 0 aromatic rings. The van der Waals surface area contributed by atoms with Crippen LogP contribution in [0.4, 0.5) is 0 Å². The third-order valence-corrected chi connectivity index (χ3v) is 8.62. The number of esters is 3. The van der Waals surface area contributed by atoms with Crippen LogP contribution in [0.5, 0.6) is 0 Å². The number of carbonyl (C=O) groups is 6. The van der Waals surface area contributed by atoms with Crippen LogP contribution in [0.15, 0.2) is 0 Å². The number of nitrogens with zero attached hydrogens (tertiary/aromatic N) is 3. The fraction of sp³-hybridized carbons (Fsp3) is 0.818. The third-order valence-electron chi connectivity index (χ3n) is 8.62. The van der Waals surface area contributed by atoms with E-state index in [-0.39, 0.29) is 19.3 Å². The second kappa shape index (κ2) is 20.0. The van der Waals surface area contributed by atoms with Gasteiger partial charge in [-0.15, -0.1) is 0 Å². The van der Waals surface area contributed by atoms with Crippen LogP contribution in [0.3, 0.4) is 0 Å². The highest BCUT2D eigenvalue weighted by molar-refractivity contribution is 5.93. The summed E-state index contributed by atoms with van der Waals surface area (Å²) in [6.45, 7) is 10.5. The molecule has 0 radical (unpaired) electrons. The molecule has 1 fully saturated rings. The van der Waals surface area contributed by atoms with E-state index in [4.69, 9.17) is 14.2 Å². The lowest BCUT2D eigenvalue weighted by molar-refractivity contribution is -0.176. The maximum atomic E-state index is 13.6. The summed E-state index contributed by atoms with van der Waals surface area (Å²) in [6, 6.07) is -3.28. The Bertz CT molecular complexity index is 880. The normalized spacial score (nSPS) is 26.7. The first-order valence-corrected chi connectivity index (χ1v) is 16.6. The number of amides is 3. The molecule has 0 aromatic carbocycles. The quantitative estimate of drug-likeness (QED) is 0.176. The Labute approximate surface area is 269 Å². The van der Waals surface area contributed by atoms with Gasteiger partial charge in [-0.3, -0.25) is 14.4 Å². The number of rotatable bonds is 12. The number of hydrogen-bond donors (Lipinski definition) is 0. The highest BCUT2D eigenvalue weighted by atomic mass is 16.6. The Hall–Kier alpha value is -3.18. The number of hydrogen-bond acceptors (Lipinski definition) is 9. The minimum Gasteiger partial charge on any atom is -0.451 e. The molecule has 0 aromatic heterocycles. The molecular weight excluding hydrogens is 582 g/mol. The van der Waals surface area contributed by atoms with Gasteiger partial charge < -0.3 is 28.9 Å². The average molecular weight is 640 g/mol. The molecule has 12 heteroatoms. The van der Waals surface area contributed by atoms with Gasteiger partial charge in [-0.05, 0) is 59.3 Å². The highest BCUT2D eigenvalue weighted by Gasteiger charge is 2.39. The van der Waals surface area contributed by atoms with Crippen LogP contribution in [0.2, 0.25) is 0 Å². The molecule has 1 heterocycles. The lowest BCUT2D eigenvalue weighted by Gasteiger charge is -2.33. The Morgan fingerprint density at radius 2 is 0.667 bits per heavy atom. The van der Waals surface area contributed by atoms with Crippen molar-refractivity contribution in [3.63, 3.8) is 0 Å². The van der Waals surface area contributed by atoms with Gasteiger partial charge >= 0.3 is 17.9 Å². The lowest BCUT2D eigenvalue weighted by atomic mass is 10.1. The van der Waals surface area contributed by atoms with Crippen molar-refractivity contribution in [1.82, 2.24) is 14.7 Å². The molecule has 6 atom stereocenters. The van der Waals surface area contributed by atoms with Crippen LogP contribution in [-0.4, -0.2) is 108 Å². The fourth-order valence-corrected chi connectivity index (χ4v) is 4.88. The molecule has 12 nitrogen and oxygen atoms in total. The van der Waals surface area contributed by atoms with Crippen LogP contribution in [0.1, 0.15) is 119 Å². The van der Waals surface area contributed by atoms with E-state index in [2.05, 4.69) is 0 Å². The topological polar surface area (TPSA) is 140 Å². The summed E-state index contributed by atoms with van der Waals surface area (Å²) >= 11 is 0. The molecule has 1 aliphatic rings. The Balaban J connectivity index is 3.57. The molecule has 0 N–H and O–H groups in total.